The Balaban J connectivity index is 1.91. The first kappa shape index (κ1) is 23.1. The maximum absolute atomic E-state index is 13.2. The van der Waals surface area contributed by atoms with Gasteiger partial charge in [-0.25, -0.2) is 0 Å². The van der Waals surface area contributed by atoms with Gasteiger partial charge in [0.15, 0.2) is 0 Å². The molecule has 3 aromatic rings. The van der Waals surface area contributed by atoms with Crippen LogP contribution in [0.4, 0.5) is 0 Å². The minimum absolute atomic E-state index is 0.0263. The van der Waals surface area contributed by atoms with Gasteiger partial charge < -0.3 is 24.6 Å². The average molecular weight is 481 g/mol. The molecule has 1 saturated heterocycles. The van der Waals surface area contributed by atoms with Crippen LogP contribution in [0.5, 0.6) is 17.2 Å². The molecule has 0 saturated carbocycles. The van der Waals surface area contributed by atoms with Gasteiger partial charge in [0.25, 0.3) is 11.7 Å². The number of methoxy groups -OCH3 is 2. The number of aliphatic hydroxyl groups is 1. The second kappa shape index (κ2) is 9.44. The molecule has 8 nitrogen and oxygen atoms in total. The lowest BCUT2D eigenvalue weighted by molar-refractivity contribution is -0.140. The Morgan fingerprint density at radius 2 is 1.68 bits per heavy atom. The molecule has 4 rings (SSSR count). The van der Waals surface area contributed by atoms with E-state index in [-0.39, 0.29) is 34.2 Å². The Hall–Kier alpha value is -4.04. The minimum atomic E-state index is -0.917. The fraction of sp³-hybridized carbons (Fsp3) is 0.160. The van der Waals surface area contributed by atoms with Crippen LogP contribution < -0.4 is 9.47 Å². The van der Waals surface area contributed by atoms with E-state index in [9.17, 15) is 19.8 Å². The smallest absolute Gasteiger partial charge is 0.295 e. The highest BCUT2D eigenvalue weighted by atomic mass is 35.5. The predicted octanol–water partition coefficient (Wildman–Crippen LogP) is 4.08. The van der Waals surface area contributed by atoms with Gasteiger partial charge in [0.05, 0.1) is 36.4 Å². The summed E-state index contributed by atoms with van der Waals surface area (Å²) in [6.07, 6.45) is 3.18. The number of hydrogen-bond donors (Lipinski definition) is 2. The number of carbonyl (C=O) groups excluding carboxylic acids is 2. The summed E-state index contributed by atoms with van der Waals surface area (Å²) in [5, 5.41) is 21.3. The van der Waals surface area contributed by atoms with Crippen LogP contribution >= 0.6 is 11.6 Å². The van der Waals surface area contributed by atoms with Crippen molar-refractivity contribution in [3.05, 3.63) is 88.2 Å². The number of aromatic hydroxyl groups is 1. The number of Topliss-reactive ketones (excluding diaryl/α,β-unsaturated/α-hetero) is 1. The average Bonchev–Trinajstić information content (AvgIpc) is 3.09. The maximum atomic E-state index is 13.2. The maximum Gasteiger partial charge on any atom is 0.295 e. The van der Waals surface area contributed by atoms with Crippen molar-refractivity contribution >= 4 is 29.1 Å². The largest absolute Gasteiger partial charge is 0.508 e. The van der Waals surface area contributed by atoms with Crippen LogP contribution in [0.3, 0.4) is 0 Å². The molecule has 2 N–H and O–H groups in total. The summed E-state index contributed by atoms with van der Waals surface area (Å²) in [6, 6.07) is 11.5. The normalized spacial score (nSPS) is 17.1. The monoisotopic (exact) mass is 480 g/mol. The molecule has 1 fully saturated rings. The van der Waals surface area contributed by atoms with Gasteiger partial charge in [-0.3, -0.25) is 14.6 Å². The van der Waals surface area contributed by atoms with Crippen LogP contribution in [-0.2, 0) is 16.1 Å². The second-order valence-corrected chi connectivity index (χ2v) is 7.97. The first-order valence-electron chi connectivity index (χ1n) is 10.2. The molecule has 0 spiro atoms. The molecule has 1 amide bonds. The lowest BCUT2D eigenvalue weighted by Crippen LogP contribution is -2.29. The molecule has 0 aliphatic carbocycles. The molecular formula is C25H21ClN2O6. The highest BCUT2D eigenvalue weighted by molar-refractivity contribution is 6.46. The summed E-state index contributed by atoms with van der Waals surface area (Å²) in [7, 11) is 2.84. The number of aliphatic hydroxyl groups excluding tert-OH is 1. The number of ketones is 1. The number of aromatic nitrogens is 1. The number of phenolic OH excluding ortho intramolecular Hbond substituents is 1. The molecule has 34 heavy (non-hydrogen) atoms. The summed E-state index contributed by atoms with van der Waals surface area (Å²) >= 11 is 6.27. The molecule has 174 valence electrons. The molecule has 0 radical (unpaired) electrons. The van der Waals surface area contributed by atoms with Crippen molar-refractivity contribution in [2.24, 2.45) is 0 Å². The van der Waals surface area contributed by atoms with Gasteiger partial charge in [-0.2, -0.15) is 0 Å². The molecule has 1 aliphatic heterocycles. The molecule has 1 aliphatic rings. The van der Waals surface area contributed by atoms with Crippen LogP contribution in [0, 0.1) is 0 Å². The number of pyridine rings is 1. The lowest BCUT2D eigenvalue weighted by Gasteiger charge is -2.25. The number of ether oxygens (including phenoxy) is 2. The van der Waals surface area contributed by atoms with E-state index < -0.39 is 23.5 Å². The van der Waals surface area contributed by atoms with Crippen molar-refractivity contribution in [1.29, 1.82) is 0 Å². The Morgan fingerprint density at radius 3 is 2.29 bits per heavy atom. The Bertz CT molecular complexity index is 1270. The fourth-order valence-corrected chi connectivity index (χ4v) is 4.16. The predicted molar refractivity (Wildman–Crippen MR) is 125 cm³/mol. The van der Waals surface area contributed by atoms with E-state index in [1.54, 1.807) is 36.7 Å². The molecule has 0 bridgehead atoms. The topological polar surface area (TPSA) is 109 Å². The highest BCUT2D eigenvalue weighted by Gasteiger charge is 2.46. The third-order valence-electron chi connectivity index (χ3n) is 5.58. The molecule has 1 aromatic heterocycles. The van der Waals surface area contributed by atoms with Crippen LogP contribution in [0.25, 0.3) is 5.76 Å². The van der Waals surface area contributed by atoms with Gasteiger partial charge in [-0.05, 0) is 41.5 Å². The Kier molecular flexibility index (Phi) is 6.43. The Morgan fingerprint density at radius 1 is 1.03 bits per heavy atom. The number of halogens is 1. The number of rotatable bonds is 6. The van der Waals surface area contributed by atoms with Crippen molar-refractivity contribution in [1.82, 2.24) is 9.88 Å². The molecular weight excluding hydrogens is 460 g/mol. The van der Waals surface area contributed by atoms with Crippen molar-refractivity contribution in [3.63, 3.8) is 0 Å². The van der Waals surface area contributed by atoms with Gasteiger partial charge in [0, 0.05) is 25.0 Å². The van der Waals surface area contributed by atoms with Crippen molar-refractivity contribution in [2.45, 2.75) is 12.6 Å². The van der Waals surface area contributed by atoms with Crippen LogP contribution in [0.2, 0.25) is 5.02 Å². The number of carbonyl (C=O) groups is 2. The Labute approximate surface area is 200 Å². The van der Waals surface area contributed by atoms with Crippen LogP contribution in [-0.4, -0.2) is 46.0 Å². The second-order valence-electron chi connectivity index (χ2n) is 7.56. The number of amides is 1. The zero-order valence-corrected chi connectivity index (χ0v) is 19.1. The summed E-state index contributed by atoms with van der Waals surface area (Å²) in [5.74, 6) is -1.49. The summed E-state index contributed by atoms with van der Waals surface area (Å²) in [5.41, 5.74) is 1.31. The van der Waals surface area contributed by atoms with E-state index in [1.807, 2.05) is 0 Å². The van der Waals surface area contributed by atoms with E-state index in [1.165, 1.54) is 43.4 Å². The van der Waals surface area contributed by atoms with Gasteiger partial charge in [-0.15, -0.1) is 0 Å². The van der Waals surface area contributed by atoms with E-state index >= 15 is 0 Å². The zero-order valence-electron chi connectivity index (χ0n) is 18.4. The van der Waals surface area contributed by atoms with E-state index in [4.69, 9.17) is 21.1 Å². The highest BCUT2D eigenvalue weighted by Crippen LogP contribution is 2.43. The van der Waals surface area contributed by atoms with Gasteiger partial charge in [-0.1, -0.05) is 23.7 Å². The molecule has 2 heterocycles. The number of phenols is 1. The van der Waals surface area contributed by atoms with E-state index in [0.717, 1.165) is 5.56 Å². The third-order valence-corrected chi connectivity index (χ3v) is 5.88. The summed E-state index contributed by atoms with van der Waals surface area (Å²) < 4.78 is 10.6. The van der Waals surface area contributed by atoms with Gasteiger partial charge >= 0.3 is 0 Å². The fourth-order valence-electron chi connectivity index (χ4n) is 3.92. The van der Waals surface area contributed by atoms with E-state index in [2.05, 4.69) is 4.98 Å². The molecule has 1 atom stereocenters. The van der Waals surface area contributed by atoms with Crippen molar-refractivity contribution in [2.75, 3.05) is 14.2 Å². The minimum Gasteiger partial charge on any atom is -0.508 e. The molecule has 1 unspecified atom stereocenters. The lowest BCUT2D eigenvalue weighted by atomic mass is 9.94. The van der Waals surface area contributed by atoms with E-state index in [0.29, 0.717) is 11.3 Å². The number of benzene rings is 2. The standard InChI is InChI=1S/C25H21ClN2O6/c1-33-19-12-20(34-2)18(26)11-17(19)23(30)21-22(15-3-5-16(29)6-4-15)28(25(32)24(21)31)13-14-7-9-27-10-8-14/h3-12,22,29-30H,13H2,1-2H3/b23-21+. The number of likely N-dealkylation sites (tertiary alicyclic amines) is 1. The third kappa shape index (κ3) is 4.15. The quantitative estimate of drug-likeness (QED) is 0.311. The summed E-state index contributed by atoms with van der Waals surface area (Å²) in [6.45, 7) is 0.107. The van der Waals surface area contributed by atoms with Gasteiger partial charge in [0.2, 0.25) is 0 Å². The zero-order chi connectivity index (χ0) is 24.4. The first-order valence-corrected chi connectivity index (χ1v) is 10.6. The molecule has 9 heteroatoms. The first-order chi connectivity index (χ1) is 16.3. The SMILES string of the molecule is COc1cc(OC)c(/C(O)=C2\C(=O)C(=O)N(Cc3ccncc3)C2c2ccc(O)cc2)cc1Cl. The number of hydrogen-bond acceptors (Lipinski definition) is 7. The van der Waals surface area contributed by atoms with Crippen LogP contribution in [0.15, 0.2) is 66.5 Å². The van der Waals surface area contributed by atoms with Crippen molar-refractivity contribution in [3.8, 4) is 17.2 Å². The number of nitrogens with zero attached hydrogens (tertiary/aromatic N) is 2. The van der Waals surface area contributed by atoms with Crippen LogP contribution in [0.1, 0.15) is 22.7 Å². The van der Waals surface area contributed by atoms with Gasteiger partial charge in [0.1, 0.15) is 23.0 Å². The molecule has 2 aromatic carbocycles. The summed E-state index contributed by atoms with van der Waals surface area (Å²) in [4.78, 5) is 31.7. The van der Waals surface area contributed by atoms with Crippen molar-refractivity contribution < 1.29 is 29.3 Å².